The lowest BCUT2D eigenvalue weighted by molar-refractivity contribution is 0.481. The van der Waals surface area contributed by atoms with Gasteiger partial charge < -0.3 is 14.4 Å². The first-order valence-corrected chi connectivity index (χ1v) is 9.70. The highest BCUT2D eigenvalue weighted by atomic mass is 16.1. The van der Waals surface area contributed by atoms with E-state index in [1.807, 2.05) is 22.6 Å². The second-order valence-electron chi connectivity index (χ2n) is 8.85. The predicted octanol–water partition coefficient (Wildman–Crippen LogP) is 2.07. The Morgan fingerprint density at radius 2 is 1.93 bits per heavy atom. The average Bonchev–Trinajstić information content (AvgIpc) is 3.39. The third kappa shape index (κ3) is 3.68. The molecule has 144 valence electrons. The minimum atomic E-state index is 0.00256. The number of aromatic nitrogens is 4. The summed E-state index contributed by atoms with van der Waals surface area (Å²) < 4.78 is 1.81. The fourth-order valence-electron chi connectivity index (χ4n) is 3.35. The van der Waals surface area contributed by atoms with E-state index in [-0.39, 0.29) is 17.0 Å². The van der Waals surface area contributed by atoms with Crippen molar-refractivity contribution >= 4 is 11.6 Å². The number of likely N-dealkylation sites (N-methyl/N-ethyl adjacent to an activating group) is 1. The predicted molar refractivity (Wildman–Crippen MR) is 106 cm³/mol. The largest absolute Gasteiger partial charge is 0.351 e. The molecular weight excluding hydrogens is 340 g/mol. The molecule has 3 heterocycles. The average molecular weight is 368 g/mol. The third-order valence-corrected chi connectivity index (χ3v) is 5.53. The van der Waals surface area contributed by atoms with E-state index in [1.54, 1.807) is 12.4 Å². The zero-order valence-corrected chi connectivity index (χ0v) is 16.6. The second-order valence-corrected chi connectivity index (χ2v) is 8.85. The smallest absolute Gasteiger partial charge is 0.293 e. The van der Waals surface area contributed by atoms with E-state index in [4.69, 9.17) is 0 Å². The Labute approximate surface area is 160 Å². The summed E-state index contributed by atoms with van der Waals surface area (Å²) in [4.78, 5) is 21.3. The number of anilines is 2. The van der Waals surface area contributed by atoms with Gasteiger partial charge in [-0.15, -0.1) is 5.10 Å². The molecule has 1 aliphatic heterocycles. The molecule has 2 aromatic rings. The Balaban J connectivity index is 1.41. The lowest BCUT2D eigenvalue weighted by Gasteiger charge is -2.44. The van der Waals surface area contributed by atoms with Gasteiger partial charge in [-0.2, -0.15) is 5.10 Å². The van der Waals surface area contributed by atoms with Gasteiger partial charge in [0.15, 0.2) is 11.6 Å². The van der Waals surface area contributed by atoms with Crippen LogP contribution in [0.5, 0.6) is 0 Å². The van der Waals surface area contributed by atoms with Crippen LogP contribution in [0, 0.1) is 5.92 Å². The highest BCUT2D eigenvalue weighted by molar-refractivity contribution is 5.47. The number of rotatable bonds is 5. The Kier molecular flexibility index (Phi) is 4.40. The lowest BCUT2D eigenvalue weighted by Crippen LogP contribution is -2.60. The highest BCUT2D eigenvalue weighted by Gasteiger charge is 2.33. The molecule has 0 unspecified atom stereocenters. The minimum Gasteiger partial charge on any atom is -0.351 e. The second kappa shape index (κ2) is 6.62. The van der Waals surface area contributed by atoms with Gasteiger partial charge in [0.2, 0.25) is 0 Å². The van der Waals surface area contributed by atoms with Gasteiger partial charge in [0.1, 0.15) is 0 Å². The van der Waals surface area contributed by atoms with Gasteiger partial charge in [0.25, 0.3) is 5.56 Å². The quantitative estimate of drug-likeness (QED) is 0.805. The summed E-state index contributed by atoms with van der Waals surface area (Å²) >= 11 is 0. The first-order chi connectivity index (χ1) is 12.8. The van der Waals surface area contributed by atoms with Gasteiger partial charge in [0, 0.05) is 44.5 Å². The van der Waals surface area contributed by atoms with E-state index in [9.17, 15) is 4.79 Å². The Bertz CT molecular complexity index is 859. The van der Waals surface area contributed by atoms with Crippen LogP contribution in [0.25, 0.3) is 0 Å². The van der Waals surface area contributed by atoms with E-state index in [1.165, 1.54) is 12.8 Å². The molecule has 0 bridgehead atoms. The van der Waals surface area contributed by atoms with Crippen LogP contribution in [0.2, 0.25) is 0 Å². The minimum absolute atomic E-state index is 0.00256. The standard InChI is InChI=1S/C20H28N6O/c1-20(2,3)16-7-8-17(23-22-16)26-12-15(13-26)24(4)18-19(27)25(10-9-21-18)11-14-5-6-14/h7-10,14-15H,5-6,11-13H2,1-4H3. The summed E-state index contributed by atoms with van der Waals surface area (Å²) in [6, 6.07) is 4.34. The van der Waals surface area contributed by atoms with Gasteiger partial charge in [0.05, 0.1) is 11.7 Å². The maximum atomic E-state index is 12.7. The zero-order valence-electron chi connectivity index (χ0n) is 16.6. The van der Waals surface area contributed by atoms with Crippen molar-refractivity contribution in [1.82, 2.24) is 19.7 Å². The Hall–Kier alpha value is -2.44. The molecule has 0 spiro atoms. The van der Waals surface area contributed by atoms with Crippen LogP contribution in [0.1, 0.15) is 39.3 Å². The molecule has 0 aromatic carbocycles. The van der Waals surface area contributed by atoms with Crippen LogP contribution in [-0.4, -0.2) is 45.9 Å². The molecule has 27 heavy (non-hydrogen) atoms. The molecule has 2 aliphatic rings. The van der Waals surface area contributed by atoms with Crippen molar-refractivity contribution in [2.45, 2.75) is 51.6 Å². The van der Waals surface area contributed by atoms with Crippen LogP contribution < -0.4 is 15.4 Å². The van der Waals surface area contributed by atoms with E-state index >= 15 is 0 Å². The molecule has 0 radical (unpaired) electrons. The lowest BCUT2D eigenvalue weighted by atomic mass is 9.92. The zero-order chi connectivity index (χ0) is 19.2. The van der Waals surface area contributed by atoms with Crippen LogP contribution in [-0.2, 0) is 12.0 Å². The molecule has 7 nitrogen and oxygen atoms in total. The summed E-state index contributed by atoms with van der Waals surface area (Å²) in [6.07, 6.45) is 6.00. The van der Waals surface area contributed by atoms with Gasteiger partial charge >= 0.3 is 0 Å². The summed E-state index contributed by atoms with van der Waals surface area (Å²) in [5.74, 6) is 2.09. The van der Waals surface area contributed by atoms with E-state index in [0.717, 1.165) is 31.1 Å². The molecule has 0 atom stereocenters. The van der Waals surface area contributed by atoms with Crippen molar-refractivity contribution in [1.29, 1.82) is 0 Å². The summed E-state index contributed by atoms with van der Waals surface area (Å²) in [7, 11) is 1.96. The number of hydrogen-bond acceptors (Lipinski definition) is 6. The van der Waals surface area contributed by atoms with Crippen molar-refractivity contribution in [3.05, 3.63) is 40.6 Å². The molecule has 4 rings (SSSR count). The van der Waals surface area contributed by atoms with Crippen LogP contribution >= 0.6 is 0 Å². The molecular formula is C20H28N6O. The molecule has 1 saturated carbocycles. The van der Waals surface area contributed by atoms with Crippen molar-refractivity contribution in [2.24, 2.45) is 5.92 Å². The maximum Gasteiger partial charge on any atom is 0.293 e. The molecule has 2 aromatic heterocycles. The fraction of sp³-hybridized carbons (Fsp3) is 0.600. The maximum absolute atomic E-state index is 12.7. The van der Waals surface area contributed by atoms with Crippen LogP contribution in [0.15, 0.2) is 29.3 Å². The molecule has 1 saturated heterocycles. The molecule has 0 amide bonds. The fourth-order valence-corrected chi connectivity index (χ4v) is 3.35. The topological polar surface area (TPSA) is 67.2 Å². The highest BCUT2D eigenvalue weighted by Crippen LogP contribution is 2.30. The van der Waals surface area contributed by atoms with E-state index < -0.39 is 0 Å². The Morgan fingerprint density at radius 3 is 2.52 bits per heavy atom. The first kappa shape index (κ1) is 17.9. The van der Waals surface area contributed by atoms with Gasteiger partial charge in [-0.1, -0.05) is 20.8 Å². The van der Waals surface area contributed by atoms with Gasteiger partial charge in [-0.25, -0.2) is 4.98 Å². The third-order valence-electron chi connectivity index (χ3n) is 5.53. The molecule has 1 aliphatic carbocycles. The first-order valence-electron chi connectivity index (χ1n) is 9.70. The summed E-state index contributed by atoms with van der Waals surface area (Å²) in [5.41, 5.74) is 1.01. The molecule has 0 N–H and O–H groups in total. The van der Waals surface area contributed by atoms with E-state index in [0.29, 0.717) is 11.7 Å². The normalized spacial score (nSPS) is 17.7. The molecule has 7 heteroatoms. The van der Waals surface area contributed by atoms with Crippen LogP contribution in [0.3, 0.4) is 0 Å². The Morgan fingerprint density at radius 1 is 1.19 bits per heavy atom. The van der Waals surface area contributed by atoms with Crippen molar-refractivity contribution in [3.8, 4) is 0 Å². The monoisotopic (exact) mass is 368 g/mol. The van der Waals surface area contributed by atoms with Crippen LogP contribution in [0.4, 0.5) is 11.6 Å². The van der Waals surface area contributed by atoms with Gasteiger partial charge in [-0.3, -0.25) is 4.79 Å². The van der Waals surface area contributed by atoms with Crippen molar-refractivity contribution in [3.63, 3.8) is 0 Å². The van der Waals surface area contributed by atoms with Crippen molar-refractivity contribution in [2.75, 3.05) is 29.9 Å². The number of nitrogens with zero attached hydrogens (tertiary/aromatic N) is 6. The molecule has 2 fully saturated rings. The van der Waals surface area contributed by atoms with Gasteiger partial charge in [-0.05, 0) is 30.9 Å². The summed E-state index contributed by atoms with van der Waals surface area (Å²) in [5, 5.41) is 8.75. The van der Waals surface area contributed by atoms with E-state index in [2.05, 4.69) is 46.9 Å². The summed E-state index contributed by atoms with van der Waals surface area (Å²) in [6.45, 7) is 8.85. The van der Waals surface area contributed by atoms with Crippen molar-refractivity contribution < 1.29 is 0 Å². The number of hydrogen-bond donors (Lipinski definition) is 0. The SMILES string of the molecule is CN(c1nccn(CC2CC2)c1=O)C1CN(c2ccc(C(C)(C)C)nn2)C1.